The molecule has 2 unspecified atom stereocenters. The molecule has 0 aromatic heterocycles. The number of fused-ring (bicyclic) bond motifs is 1. The first-order valence-electron chi connectivity index (χ1n) is 20.8. The van der Waals surface area contributed by atoms with Crippen LogP contribution in [0, 0.1) is 45.8 Å². The number of thioether (sulfide) groups is 1. The second-order valence-electron chi connectivity index (χ2n) is 17.5. The molecule has 5 aliphatic rings. The number of ether oxygens (including phenoxy) is 2. The van der Waals surface area contributed by atoms with Crippen LogP contribution in [0.4, 0.5) is 0 Å². The number of carbonyl (C=O) groups excluding carboxylic acids is 3. The maximum absolute atomic E-state index is 14.0. The number of amides is 1. The zero-order chi connectivity index (χ0) is 38.8. The number of Topliss-reactive ketones (excluding diaryl/α,β-unsaturated/α-hetero) is 1. The summed E-state index contributed by atoms with van der Waals surface area (Å²) < 4.78 is 13.5. The van der Waals surface area contributed by atoms with Crippen molar-refractivity contribution in [1.82, 2.24) is 10.6 Å². The number of esters is 1. The highest BCUT2D eigenvalue weighted by Gasteiger charge is 2.83. The zero-order valence-corrected chi connectivity index (χ0v) is 33.8. The average molecular weight is 771 g/mol. The highest BCUT2D eigenvalue weighted by atomic mass is 32.2. The van der Waals surface area contributed by atoms with E-state index in [0.717, 1.165) is 74.2 Å². The summed E-state index contributed by atoms with van der Waals surface area (Å²) in [7, 11) is 0. The van der Waals surface area contributed by atoms with Gasteiger partial charge in [-0.2, -0.15) is 0 Å². The Labute approximate surface area is 331 Å². The quantitative estimate of drug-likeness (QED) is 0.0657. The summed E-state index contributed by atoms with van der Waals surface area (Å²) in [6.07, 6.45) is 11.7. The van der Waals surface area contributed by atoms with E-state index in [-0.39, 0.29) is 63.8 Å². The number of nitrogens with one attached hydrogen (secondary N) is 2. The van der Waals surface area contributed by atoms with Crippen LogP contribution in [0.1, 0.15) is 93.6 Å². The maximum Gasteiger partial charge on any atom is 0.316 e. The van der Waals surface area contributed by atoms with E-state index in [4.69, 9.17) is 20.9 Å². The van der Waals surface area contributed by atoms with Gasteiger partial charge in [0, 0.05) is 52.8 Å². The van der Waals surface area contributed by atoms with Crippen molar-refractivity contribution in [3.8, 4) is 0 Å². The fourth-order valence-electron chi connectivity index (χ4n) is 11.6. The molecule has 4 fully saturated rings. The molecule has 298 valence electrons. The topological polar surface area (TPSA) is 146 Å². The van der Waals surface area contributed by atoms with Gasteiger partial charge in [-0.05, 0) is 110 Å². The number of hydrogen-bond acceptors (Lipinski definition) is 9. The predicted molar refractivity (Wildman–Crippen MR) is 217 cm³/mol. The van der Waals surface area contributed by atoms with Crippen molar-refractivity contribution < 1.29 is 23.9 Å². The third-order valence-corrected chi connectivity index (χ3v) is 15.5. The van der Waals surface area contributed by atoms with E-state index in [1.54, 1.807) is 12.1 Å². The normalized spacial score (nSPS) is 34.5. The highest BCUT2D eigenvalue weighted by Crippen LogP contribution is 2.83. The summed E-state index contributed by atoms with van der Waals surface area (Å²) in [6.45, 7) is 10.9. The number of unbranched alkanes of at least 4 members (excludes halogenated alkanes) is 3. The molecule has 6 N–H and O–H groups in total. The molecule has 0 bridgehead atoms. The Hall–Kier alpha value is -3.02. The molecule has 2 aromatic rings. The van der Waals surface area contributed by atoms with Crippen LogP contribution in [0.5, 0.6) is 0 Å². The molecule has 4 saturated carbocycles. The van der Waals surface area contributed by atoms with Crippen LogP contribution in [0.2, 0.25) is 0 Å². The Balaban J connectivity index is 1.06. The van der Waals surface area contributed by atoms with Gasteiger partial charge in [-0.1, -0.05) is 70.0 Å². The Morgan fingerprint density at radius 3 is 2.47 bits per heavy atom. The van der Waals surface area contributed by atoms with E-state index in [2.05, 4.69) is 43.6 Å². The summed E-state index contributed by atoms with van der Waals surface area (Å²) in [5, 5.41) is 6.80. The summed E-state index contributed by atoms with van der Waals surface area (Å²) in [5.41, 5.74) is 13.1. The molecule has 1 spiro atoms. The third kappa shape index (κ3) is 7.71. The molecule has 0 radical (unpaired) electrons. The van der Waals surface area contributed by atoms with Crippen molar-refractivity contribution in [2.75, 3.05) is 32.0 Å². The number of ketones is 1. The molecule has 9 nitrogen and oxygen atoms in total. The fraction of sp³-hybridized carbons (Fsp3) is 0.622. The lowest BCUT2D eigenvalue weighted by atomic mass is 9.64. The Bertz CT molecular complexity index is 1720. The minimum absolute atomic E-state index is 0.0295. The molecule has 0 saturated heterocycles. The first-order valence-corrected chi connectivity index (χ1v) is 21.8. The molecule has 1 amide bonds. The van der Waals surface area contributed by atoms with E-state index in [9.17, 15) is 14.4 Å². The number of nitrogens with two attached hydrogens (primary N) is 2. The van der Waals surface area contributed by atoms with Crippen LogP contribution in [-0.4, -0.2) is 61.9 Å². The summed E-state index contributed by atoms with van der Waals surface area (Å²) in [4.78, 5) is 41.6. The monoisotopic (exact) mass is 770 g/mol. The molecular formula is C45H62N4O5S. The van der Waals surface area contributed by atoms with E-state index in [0.29, 0.717) is 55.7 Å². The molecule has 2 aromatic carbocycles. The smallest absolute Gasteiger partial charge is 0.316 e. The van der Waals surface area contributed by atoms with E-state index >= 15 is 0 Å². The van der Waals surface area contributed by atoms with Crippen molar-refractivity contribution in [2.24, 2.45) is 57.3 Å². The summed E-state index contributed by atoms with van der Waals surface area (Å²) >= 11 is 1.43. The van der Waals surface area contributed by atoms with E-state index in [1.165, 1.54) is 11.8 Å². The fourth-order valence-corrected chi connectivity index (χ4v) is 12.2. The van der Waals surface area contributed by atoms with Gasteiger partial charge in [-0.15, -0.1) is 11.8 Å². The van der Waals surface area contributed by atoms with Crippen LogP contribution in [0.3, 0.4) is 0 Å². The third-order valence-electron chi connectivity index (χ3n) is 14.5. The average Bonchev–Trinajstić information content (AvgIpc) is 3.81. The van der Waals surface area contributed by atoms with Crippen LogP contribution in [0.25, 0.3) is 0 Å². The minimum atomic E-state index is -0.359. The SMILES string of the molecule is C[C@@H]1C2CCC(=O)C34C[C@@H](C)[C@@](C)([C@H](OC(=O)CSc5ccc(C(=O)NCc6ccc(CN)cc6)cc5)C[C@@]5(CNCCCCCCN)C=CCO[C@@H]15)[C@H]3[C@H]24. The molecule has 10 heteroatoms. The van der Waals surface area contributed by atoms with Gasteiger partial charge >= 0.3 is 5.97 Å². The van der Waals surface area contributed by atoms with E-state index < -0.39 is 0 Å². The minimum Gasteiger partial charge on any atom is -0.461 e. The van der Waals surface area contributed by atoms with Gasteiger partial charge in [-0.3, -0.25) is 14.4 Å². The molecule has 7 rings (SSSR count). The van der Waals surface area contributed by atoms with Gasteiger partial charge in [0.05, 0.1) is 18.5 Å². The number of benzene rings is 2. The van der Waals surface area contributed by atoms with Gasteiger partial charge in [0.1, 0.15) is 11.9 Å². The van der Waals surface area contributed by atoms with E-state index in [1.807, 2.05) is 36.4 Å². The standard InChI is InChI=1S/C45H62N4O5S/c1-29-23-45-36(50)18-17-35-30(2)41-44(19-8-22-53-41,28-48-21-7-5-4-6-20-46)24-37(43(29,3)40(45)39(35)45)54-38(51)27-55-34-15-13-33(14-16-34)42(52)49-26-32-11-9-31(25-47)10-12-32/h8-16,19,29-30,35,37,39-41,48H,4-7,17-18,20-28,46-47H2,1-3H3,(H,49,52)/t29-,30-,35?,37-,39+,40-,41+,43+,44-,45?/m1/s1. The molecule has 55 heavy (non-hydrogen) atoms. The summed E-state index contributed by atoms with van der Waals surface area (Å²) in [5.74, 6) is 1.70. The van der Waals surface area contributed by atoms with Crippen molar-refractivity contribution >= 4 is 29.4 Å². The lowest BCUT2D eigenvalue weighted by Gasteiger charge is -2.48. The summed E-state index contributed by atoms with van der Waals surface area (Å²) in [6, 6.07) is 15.3. The predicted octanol–water partition coefficient (Wildman–Crippen LogP) is 6.43. The van der Waals surface area contributed by atoms with Crippen molar-refractivity contribution in [3.05, 3.63) is 77.4 Å². The number of hydrogen-bond donors (Lipinski definition) is 4. The first-order chi connectivity index (χ1) is 26.6. The van der Waals surface area contributed by atoms with Crippen LogP contribution >= 0.6 is 11.8 Å². The Morgan fingerprint density at radius 1 is 0.982 bits per heavy atom. The lowest BCUT2D eigenvalue weighted by Crippen LogP contribution is -2.54. The van der Waals surface area contributed by atoms with Crippen LogP contribution in [0.15, 0.2) is 65.6 Å². The molecule has 1 heterocycles. The molecule has 10 atom stereocenters. The largest absolute Gasteiger partial charge is 0.461 e. The second kappa shape index (κ2) is 16.8. The maximum atomic E-state index is 14.0. The first kappa shape index (κ1) is 40.2. The van der Waals surface area contributed by atoms with Crippen LogP contribution in [-0.2, 0) is 32.2 Å². The second-order valence-corrected chi connectivity index (χ2v) is 18.5. The number of carbonyl (C=O) groups is 3. The van der Waals surface area contributed by atoms with Gasteiger partial charge in [0.2, 0.25) is 0 Å². The van der Waals surface area contributed by atoms with Gasteiger partial charge in [-0.25, -0.2) is 0 Å². The molecule has 4 aliphatic carbocycles. The lowest BCUT2D eigenvalue weighted by molar-refractivity contribution is -0.162. The van der Waals surface area contributed by atoms with Gasteiger partial charge in [0.15, 0.2) is 0 Å². The van der Waals surface area contributed by atoms with Gasteiger partial charge < -0.3 is 31.6 Å². The Morgan fingerprint density at radius 2 is 1.73 bits per heavy atom. The Kier molecular flexibility index (Phi) is 12.3. The van der Waals surface area contributed by atoms with Crippen molar-refractivity contribution in [3.63, 3.8) is 0 Å². The van der Waals surface area contributed by atoms with Gasteiger partial charge in [0.25, 0.3) is 5.91 Å². The molecule has 1 aliphatic heterocycles. The number of rotatable bonds is 16. The highest BCUT2D eigenvalue weighted by molar-refractivity contribution is 8.00. The van der Waals surface area contributed by atoms with Crippen LogP contribution < -0.4 is 22.1 Å². The molecular weight excluding hydrogens is 709 g/mol. The van der Waals surface area contributed by atoms with Crippen molar-refractivity contribution in [2.45, 2.75) is 102 Å². The van der Waals surface area contributed by atoms with Crippen molar-refractivity contribution in [1.29, 1.82) is 0 Å². The zero-order valence-electron chi connectivity index (χ0n) is 33.0.